The maximum Gasteiger partial charge on any atom is 0.228 e. The van der Waals surface area contributed by atoms with Gasteiger partial charge in [-0.15, -0.1) is 12.4 Å². The third-order valence-electron chi connectivity index (χ3n) is 4.37. The molecule has 0 aromatic heterocycles. The Morgan fingerprint density at radius 1 is 1.21 bits per heavy atom. The number of hydrogen-bond acceptors (Lipinski definition) is 4. The van der Waals surface area contributed by atoms with E-state index in [9.17, 15) is 9.59 Å². The van der Waals surface area contributed by atoms with Crippen molar-refractivity contribution in [3.8, 4) is 0 Å². The lowest BCUT2D eigenvalue weighted by Gasteiger charge is -2.26. The van der Waals surface area contributed by atoms with Gasteiger partial charge in [-0.05, 0) is 30.7 Å². The number of benzene rings is 1. The van der Waals surface area contributed by atoms with Crippen LogP contribution in [0.5, 0.6) is 0 Å². The van der Waals surface area contributed by atoms with Crippen LogP contribution < -0.4 is 10.6 Å². The Bertz CT molecular complexity index is 555. The molecule has 1 atom stereocenters. The van der Waals surface area contributed by atoms with E-state index >= 15 is 0 Å². The number of hydrogen-bond donors (Lipinski definition) is 2. The Labute approximate surface area is 153 Å². The van der Waals surface area contributed by atoms with Crippen LogP contribution >= 0.6 is 24.2 Å². The van der Waals surface area contributed by atoms with Crippen molar-refractivity contribution in [1.82, 2.24) is 10.2 Å². The number of amides is 2. The SMILES string of the molecule is Cl.O=C(Nc1ccc(CC(=O)N2CCSCC2)cc1)C1CCNC1. The first kappa shape index (κ1) is 19.1. The molecule has 0 spiro atoms. The van der Waals surface area contributed by atoms with Gasteiger partial charge in [0.1, 0.15) is 0 Å². The third kappa shape index (κ3) is 5.13. The van der Waals surface area contributed by atoms with Crippen molar-refractivity contribution in [3.05, 3.63) is 29.8 Å². The Morgan fingerprint density at radius 2 is 1.92 bits per heavy atom. The summed E-state index contributed by atoms with van der Waals surface area (Å²) in [5, 5.41) is 6.15. The van der Waals surface area contributed by atoms with E-state index in [-0.39, 0.29) is 30.1 Å². The van der Waals surface area contributed by atoms with Crippen LogP contribution in [-0.2, 0) is 16.0 Å². The number of nitrogens with one attached hydrogen (secondary N) is 2. The van der Waals surface area contributed by atoms with Gasteiger partial charge in [-0.25, -0.2) is 0 Å². The number of rotatable bonds is 4. The summed E-state index contributed by atoms with van der Waals surface area (Å²) in [4.78, 5) is 26.3. The van der Waals surface area contributed by atoms with Crippen molar-refractivity contribution in [1.29, 1.82) is 0 Å². The minimum atomic E-state index is 0. The average Bonchev–Trinajstić information content (AvgIpc) is 3.12. The van der Waals surface area contributed by atoms with Gasteiger partial charge in [0.15, 0.2) is 0 Å². The average molecular weight is 370 g/mol. The molecule has 2 N–H and O–H groups in total. The number of thioether (sulfide) groups is 1. The second kappa shape index (κ2) is 9.30. The molecular formula is C17H24ClN3O2S. The fraction of sp³-hybridized carbons (Fsp3) is 0.529. The molecule has 2 heterocycles. The largest absolute Gasteiger partial charge is 0.341 e. The highest BCUT2D eigenvalue weighted by Gasteiger charge is 2.22. The van der Waals surface area contributed by atoms with E-state index in [4.69, 9.17) is 0 Å². The summed E-state index contributed by atoms with van der Waals surface area (Å²) in [5.74, 6) is 2.40. The maximum atomic E-state index is 12.2. The summed E-state index contributed by atoms with van der Waals surface area (Å²) >= 11 is 1.90. The Balaban J connectivity index is 0.00000208. The van der Waals surface area contributed by atoms with Crippen LogP contribution in [0.15, 0.2) is 24.3 Å². The third-order valence-corrected chi connectivity index (χ3v) is 5.31. The maximum absolute atomic E-state index is 12.2. The molecule has 1 unspecified atom stereocenters. The minimum absolute atomic E-state index is 0. The monoisotopic (exact) mass is 369 g/mol. The molecule has 0 saturated carbocycles. The number of halogens is 1. The fourth-order valence-electron chi connectivity index (χ4n) is 2.93. The van der Waals surface area contributed by atoms with Crippen molar-refractivity contribution in [2.75, 3.05) is 43.0 Å². The van der Waals surface area contributed by atoms with Gasteiger partial charge in [0, 0.05) is 36.8 Å². The molecular weight excluding hydrogens is 346 g/mol. The molecule has 24 heavy (non-hydrogen) atoms. The van der Waals surface area contributed by atoms with Crippen LogP contribution in [0.2, 0.25) is 0 Å². The normalized spacial score (nSPS) is 20.3. The second-order valence-electron chi connectivity index (χ2n) is 6.05. The molecule has 5 nitrogen and oxygen atoms in total. The highest BCUT2D eigenvalue weighted by molar-refractivity contribution is 7.99. The van der Waals surface area contributed by atoms with Crippen LogP contribution in [0.25, 0.3) is 0 Å². The van der Waals surface area contributed by atoms with Crippen molar-refractivity contribution >= 4 is 41.7 Å². The van der Waals surface area contributed by atoms with Gasteiger partial charge >= 0.3 is 0 Å². The fourth-order valence-corrected chi connectivity index (χ4v) is 3.83. The smallest absolute Gasteiger partial charge is 0.228 e. The molecule has 7 heteroatoms. The van der Waals surface area contributed by atoms with E-state index < -0.39 is 0 Å². The first-order valence-electron chi connectivity index (χ1n) is 8.18. The van der Waals surface area contributed by atoms with E-state index in [1.54, 1.807) is 0 Å². The molecule has 2 aliphatic rings. The van der Waals surface area contributed by atoms with Crippen LogP contribution in [0.3, 0.4) is 0 Å². The molecule has 3 rings (SSSR count). The van der Waals surface area contributed by atoms with Crippen molar-refractivity contribution < 1.29 is 9.59 Å². The van der Waals surface area contributed by atoms with Crippen molar-refractivity contribution in [2.24, 2.45) is 5.92 Å². The molecule has 0 radical (unpaired) electrons. The molecule has 0 aliphatic carbocycles. The predicted octanol–water partition coefficient (Wildman–Crippen LogP) is 1.77. The van der Waals surface area contributed by atoms with Gasteiger partial charge in [0.05, 0.1) is 12.3 Å². The molecule has 2 fully saturated rings. The highest BCUT2D eigenvalue weighted by atomic mass is 35.5. The van der Waals surface area contributed by atoms with Crippen molar-refractivity contribution in [2.45, 2.75) is 12.8 Å². The van der Waals surface area contributed by atoms with Gasteiger partial charge < -0.3 is 15.5 Å². The van der Waals surface area contributed by atoms with Crippen LogP contribution in [0.4, 0.5) is 5.69 Å². The number of nitrogens with zero attached hydrogens (tertiary/aromatic N) is 1. The molecule has 2 aliphatic heterocycles. The standard InChI is InChI=1S/C17H23N3O2S.ClH/c21-16(20-7-9-23-10-8-20)11-13-1-3-15(4-2-13)19-17(22)14-5-6-18-12-14;/h1-4,14,18H,5-12H2,(H,19,22);1H. The summed E-state index contributed by atoms with van der Waals surface area (Å²) in [6.07, 6.45) is 1.33. The highest BCUT2D eigenvalue weighted by Crippen LogP contribution is 2.16. The van der Waals surface area contributed by atoms with Gasteiger partial charge in [-0.3, -0.25) is 9.59 Å². The molecule has 2 amide bonds. The Kier molecular flexibility index (Phi) is 7.40. The summed E-state index contributed by atoms with van der Waals surface area (Å²) in [6.45, 7) is 3.38. The van der Waals surface area contributed by atoms with E-state index in [1.165, 1.54) is 0 Å². The second-order valence-corrected chi connectivity index (χ2v) is 7.27. The van der Waals surface area contributed by atoms with Gasteiger partial charge in [0.2, 0.25) is 11.8 Å². The lowest BCUT2D eigenvalue weighted by molar-refractivity contribution is -0.130. The zero-order chi connectivity index (χ0) is 16.1. The Morgan fingerprint density at radius 3 is 2.54 bits per heavy atom. The van der Waals surface area contributed by atoms with E-state index in [0.29, 0.717) is 6.42 Å². The van der Waals surface area contributed by atoms with E-state index in [2.05, 4.69) is 10.6 Å². The lowest BCUT2D eigenvalue weighted by atomic mass is 10.1. The number of carbonyl (C=O) groups is 2. The van der Waals surface area contributed by atoms with Crippen molar-refractivity contribution in [3.63, 3.8) is 0 Å². The predicted molar refractivity (Wildman–Crippen MR) is 101 cm³/mol. The first-order valence-corrected chi connectivity index (χ1v) is 9.34. The number of carbonyl (C=O) groups excluding carboxylic acids is 2. The summed E-state index contributed by atoms with van der Waals surface area (Å²) < 4.78 is 0. The Hall–Kier alpha value is -1.24. The van der Waals surface area contributed by atoms with Crippen LogP contribution in [0, 0.1) is 5.92 Å². The van der Waals surface area contributed by atoms with Gasteiger partial charge in [0.25, 0.3) is 0 Å². The topological polar surface area (TPSA) is 61.4 Å². The minimum Gasteiger partial charge on any atom is -0.341 e. The van der Waals surface area contributed by atoms with E-state index in [1.807, 2.05) is 40.9 Å². The number of anilines is 1. The van der Waals surface area contributed by atoms with Gasteiger partial charge in [-0.2, -0.15) is 11.8 Å². The lowest BCUT2D eigenvalue weighted by Crippen LogP contribution is -2.38. The zero-order valence-corrected chi connectivity index (χ0v) is 15.3. The first-order chi connectivity index (χ1) is 11.2. The van der Waals surface area contributed by atoms with Crippen LogP contribution in [0.1, 0.15) is 12.0 Å². The quantitative estimate of drug-likeness (QED) is 0.849. The summed E-state index contributed by atoms with van der Waals surface area (Å²) in [5.41, 5.74) is 1.79. The summed E-state index contributed by atoms with van der Waals surface area (Å²) in [6, 6.07) is 7.63. The molecule has 0 bridgehead atoms. The molecule has 1 aromatic rings. The van der Waals surface area contributed by atoms with Gasteiger partial charge in [-0.1, -0.05) is 12.1 Å². The van der Waals surface area contributed by atoms with E-state index in [0.717, 1.165) is 55.4 Å². The molecule has 132 valence electrons. The molecule has 1 aromatic carbocycles. The molecule has 2 saturated heterocycles. The zero-order valence-electron chi connectivity index (χ0n) is 13.6. The van der Waals surface area contributed by atoms with Crippen LogP contribution in [-0.4, -0.2) is 54.4 Å². The summed E-state index contributed by atoms with van der Waals surface area (Å²) in [7, 11) is 0.